The van der Waals surface area contributed by atoms with Gasteiger partial charge in [0.1, 0.15) is 11.8 Å². The van der Waals surface area contributed by atoms with E-state index < -0.39 is 5.97 Å². The van der Waals surface area contributed by atoms with Crippen LogP contribution in [0.4, 0.5) is 5.69 Å². The van der Waals surface area contributed by atoms with Crippen molar-refractivity contribution in [1.29, 1.82) is 5.26 Å². The Bertz CT molecular complexity index is 741. The largest absolute Gasteiger partial charge is 0.506 e. The van der Waals surface area contributed by atoms with E-state index in [4.69, 9.17) is 15.7 Å². The number of carbonyl (C=O) groups is 1. The summed E-state index contributed by atoms with van der Waals surface area (Å²) >= 11 is 0. The molecule has 0 aliphatic rings. The topological polar surface area (TPSA) is 101 Å². The molecule has 0 aliphatic heterocycles. The highest BCUT2D eigenvalue weighted by molar-refractivity contribution is 5.96. The number of rotatable bonds is 3. The van der Waals surface area contributed by atoms with Gasteiger partial charge >= 0.3 is 5.97 Å². The van der Waals surface area contributed by atoms with Crippen LogP contribution >= 0.6 is 0 Å². The van der Waals surface area contributed by atoms with Crippen LogP contribution in [0, 0.1) is 11.3 Å². The molecular formula is C15H15N3O3. The van der Waals surface area contributed by atoms with Gasteiger partial charge in [-0.3, -0.25) is 0 Å². The van der Waals surface area contributed by atoms with Gasteiger partial charge in [0, 0.05) is 6.20 Å². The van der Waals surface area contributed by atoms with Crippen molar-refractivity contribution in [3.63, 3.8) is 0 Å². The van der Waals surface area contributed by atoms with Gasteiger partial charge in [-0.05, 0) is 24.1 Å². The summed E-state index contributed by atoms with van der Waals surface area (Å²) in [6.45, 7) is 1.97. The number of esters is 1. The van der Waals surface area contributed by atoms with Gasteiger partial charge in [0.2, 0.25) is 0 Å². The Balaban J connectivity index is 2.75. The van der Waals surface area contributed by atoms with Crippen LogP contribution in [0.15, 0.2) is 24.4 Å². The maximum absolute atomic E-state index is 11.9. The lowest BCUT2D eigenvalue weighted by Gasteiger charge is -2.11. The van der Waals surface area contributed by atoms with Crippen LogP contribution in [0.1, 0.15) is 28.5 Å². The van der Waals surface area contributed by atoms with Crippen LogP contribution in [0.25, 0.3) is 5.69 Å². The van der Waals surface area contributed by atoms with Crippen molar-refractivity contribution < 1.29 is 14.6 Å². The molecular weight excluding hydrogens is 270 g/mol. The average Bonchev–Trinajstić information content (AvgIpc) is 2.83. The molecule has 0 spiro atoms. The summed E-state index contributed by atoms with van der Waals surface area (Å²) in [6, 6.07) is 6.98. The van der Waals surface area contributed by atoms with Crippen molar-refractivity contribution in [2.75, 3.05) is 12.8 Å². The lowest BCUT2D eigenvalue weighted by molar-refractivity contribution is 0.0593. The monoisotopic (exact) mass is 285 g/mol. The van der Waals surface area contributed by atoms with Gasteiger partial charge in [0.05, 0.1) is 24.0 Å². The van der Waals surface area contributed by atoms with Crippen molar-refractivity contribution in [2.45, 2.75) is 13.3 Å². The summed E-state index contributed by atoms with van der Waals surface area (Å²) in [5.41, 5.74) is 7.39. The molecule has 6 nitrogen and oxygen atoms in total. The number of aromatic nitrogens is 1. The fraction of sp³-hybridized carbons (Fsp3) is 0.200. The smallest absolute Gasteiger partial charge is 0.357 e. The highest BCUT2D eigenvalue weighted by Crippen LogP contribution is 2.30. The summed E-state index contributed by atoms with van der Waals surface area (Å²) in [6.07, 6.45) is 2.18. The van der Waals surface area contributed by atoms with Crippen molar-refractivity contribution >= 4 is 11.7 Å². The first-order valence-corrected chi connectivity index (χ1v) is 6.35. The molecule has 0 amide bonds. The maximum Gasteiger partial charge on any atom is 0.357 e. The minimum Gasteiger partial charge on any atom is -0.506 e. The average molecular weight is 285 g/mol. The Kier molecular flexibility index (Phi) is 3.85. The predicted octanol–water partition coefficient (Wildman–Crippen LogP) is 1.99. The van der Waals surface area contributed by atoms with Gasteiger partial charge in [-0.1, -0.05) is 13.0 Å². The number of nitrogens with two attached hydrogens (primary N) is 1. The van der Waals surface area contributed by atoms with Gasteiger partial charge in [-0.2, -0.15) is 5.26 Å². The Morgan fingerprint density at radius 2 is 2.24 bits per heavy atom. The molecule has 1 aromatic heterocycles. The van der Waals surface area contributed by atoms with E-state index in [9.17, 15) is 9.90 Å². The van der Waals surface area contributed by atoms with Crippen LogP contribution in [-0.2, 0) is 11.2 Å². The standard InChI is InChI=1S/C15H15N3O3/c1-3-9-4-5-12(19)11(6-9)18-8-10(7-16)13(17)14(18)15(20)21-2/h4-6,8,19H,3,17H2,1-2H3. The maximum atomic E-state index is 11.9. The molecule has 21 heavy (non-hydrogen) atoms. The fourth-order valence-corrected chi connectivity index (χ4v) is 2.09. The van der Waals surface area contributed by atoms with Crippen LogP contribution in [0.2, 0.25) is 0 Å². The zero-order chi connectivity index (χ0) is 15.6. The number of nitrogens with zero attached hydrogens (tertiary/aromatic N) is 2. The van der Waals surface area contributed by atoms with Gasteiger partial charge in [-0.15, -0.1) is 0 Å². The Morgan fingerprint density at radius 3 is 2.81 bits per heavy atom. The third-order valence-electron chi connectivity index (χ3n) is 3.25. The Hall–Kier alpha value is -2.94. The predicted molar refractivity (Wildman–Crippen MR) is 77.3 cm³/mol. The molecule has 3 N–H and O–H groups in total. The lowest BCUT2D eigenvalue weighted by atomic mass is 10.1. The molecule has 0 bridgehead atoms. The van der Waals surface area contributed by atoms with Gasteiger partial charge in [0.25, 0.3) is 0 Å². The SMILES string of the molecule is CCc1ccc(O)c(-n2cc(C#N)c(N)c2C(=O)OC)c1. The third-order valence-corrected chi connectivity index (χ3v) is 3.25. The molecule has 0 saturated carbocycles. The van der Waals surface area contributed by atoms with Crippen molar-refractivity contribution in [3.05, 3.63) is 41.2 Å². The summed E-state index contributed by atoms with van der Waals surface area (Å²) in [4.78, 5) is 11.9. The zero-order valence-corrected chi connectivity index (χ0v) is 11.8. The number of carbonyl (C=O) groups excluding carboxylic acids is 1. The molecule has 2 aromatic rings. The molecule has 0 unspecified atom stereocenters. The third kappa shape index (κ3) is 2.41. The molecule has 0 aliphatic carbocycles. The van der Waals surface area contributed by atoms with Gasteiger partial charge in [-0.25, -0.2) is 4.79 Å². The molecule has 108 valence electrons. The second-order valence-corrected chi connectivity index (χ2v) is 4.46. The molecule has 1 heterocycles. The summed E-state index contributed by atoms with van der Waals surface area (Å²) in [7, 11) is 1.23. The van der Waals surface area contributed by atoms with Crippen molar-refractivity contribution in [1.82, 2.24) is 4.57 Å². The Labute approximate surface area is 122 Å². The minimum absolute atomic E-state index is 0.0168. The van der Waals surface area contributed by atoms with Gasteiger partial charge in [0.15, 0.2) is 5.69 Å². The highest BCUT2D eigenvalue weighted by Gasteiger charge is 2.23. The van der Waals surface area contributed by atoms with Crippen LogP contribution in [-0.4, -0.2) is 22.8 Å². The number of aromatic hydroxyl groups is 1. The van der Waals surface area contributed by atoms with E-state index >= 15 is 0 Å². The number of nitrogen functional groups attached to an aromatic ring is 1. The molecule has 0 atom stereocenters. The van der Waals surface area contributed by atoms with E-state index in [1.54, 1.807) is 12.1 Å². The number of nitriles is 1. The number of phenolic OH excluding ortho intramolecular Hbond substituents is 1. The number of hydrogen-bond acceptors (Lipinski definition) is 5. The highest BCUT2D eigenvalue weighted by atomic mass is 16.5. The van der Waals surface area contributed by atoms with Crippen molar-refractivity contribution in [2.24, 2.45) is 0 Å². The van der Waals surface area contributed by atoms with Crippen LogP contribution in [0.3, 0.4) is 0 Å². The van der Waals surface area contributed by atoms with E-state index in [1.165, 1.54) is 23.9 Å². The molecule has 6 heteroatoms. The molecule has 0 radical (unpaired) electrons. The minimum atomic E-state index is -0.671. The summed E-state index contributed by atoms with van der Waals surface area (Å²) in [5, 5.41) is 19.1. The normalized spacial score (nSPS) is 10.1. The van der Waals surface area contributed by atoms with E-state index in [-0.39, 0.29) is 22.7 Å². The number of phenols is 1. The van der Waals surface area contributed by atoms with E-state index in [0.29, 0.717) is 5.69 Å². The second kappa shape index (κ2) is 5.59. The van der Waals surface area contributed by atoms with E-state index in [1.807, 2.05) is 13.0 Å². The van der Waals surface area contributed by atoms with Gasteiger partial charge < -0.3 is 20.1 Å². The first kappa shape index (κ1) is 14.5. The first-order valence-electron chi connectivity index (χ1n) is 6.35. The van der Waals surface area contributed by atoms with E-state index in [0.717, 1.165) is 12.0 Å². The Morgan fingerprint density at radius 1 is 1.52 bits per heavy atom. The van der Waals surface area contributed by atoms with Crippen LogP contribution in [0.5, 0.6) is 5.75 Å². The summed E-state index contributed by atoms with van der Waals surface area (Å²) in [5.74, 6) is -0.688. The van der Waals surface area contributed by atoms with E-state index in [2.05, 4.69) is 0 Å². The molecule has 1 aromatic carbocycles. The lowest BCUT2D eigenvalue weighted by Crippen LogP contribution is -2.11. The molecule has 0 fully saturated rings. The quantitative estimate of drug-likeness (QED) is 0.840. The van der Waals surface area contributed by atoms with Crippen LogP contribution < -0.4 is 5.73 Å². The zero-order valence-electron chi connectivity index (χ0n) is 11.8. The molecule has 0 saturated heterocycles. The fourth-order valence-electron chi connectivity index (χ4n) is 2.09. The number of methoxy groups -OCH3 is 1. The first-order chi connectivity index (χ1) is 10.0. The molecule has 2 rings (SSSR count). The van der Waals surface area contributed by atoms with Crippen molar-refractivity contribution in [3.8, 4) is 17.5 Å². The number of hydrogen-bond donors (Lipinski definition) is 2. The number of anilines is 1. The summed E-state index contributed by atoms with van der Waals surface area (Å²) < 4.78 is 6.09. The number of benzene rings is 1. The number of aryl methyl sites for hydroxylation is 1. The number of ether oxygens (including phenoxy) is 1. The second-order valence-electron chi connectivity index (χ2n) is 4.46.